The van der Waals surface area contributed by atoms with Crippen molar-refractivity contribution in [2.75, 3.05) is 11.1 Å². The van der Waals surface area contributed by atoms with Gasteiger partial charge in [0, 0.05) is 18.1 Å². The van der Waals surface area contributed by atoms with Crippen LogP contribution in [0.25, 0.3) is 0 Å². The highest BCUT2D eigenvalue weighted by Gasteiger charge is 2.10. The number of alkyl halides is 1. The third-order valence-corrected chi connectivity index (χ3v) is 4.38. The van der Waals surface area contributed by atoms with Gasteiger partial charge in [0.1, 0.15) is 0 Å². The summed E-state index contributed by atoms with van der Waals surface area (Å²) in [6, 6.07) is 0. The van der Waals surface area contributed by atoms with Crippen LogP contribution in [0.2, 0.25) is 0 Å². The van der Waals surface area contributed by atoms with Crippen molar-refractivity contribution in [1.29, 1.82) is 0 Å². The van der Waals surface area contributed by atoms with Gasteiger partial charge in [-0.05, 0) is 12.3 Å². The van der Waals surface area contributed by atoms with Gasteiger partial charge in [-0.2, -0.15) is 0 Å². The molecule has 1 aromatic heterocycles. The van der Waals surface area contributed by atoms with Crippen LogP contribution in [0.15, 0.2) is 9.95 Å². The summed E-state index contributed by atoms with van der Waals surface area (Å²) in [5.41, 5.74) is -0.150. The number of H-pyrrole nitrogens is 1. The van der Waals surface area contributed by atoms with E-state index < -0.39 is 0 Å². The van der Waals surface area contributed by atoms with Crippen LogP contribution in [0.1, 0.15) is 19.8 Å². The molecule has 1 heterocycles. The van der Waals surface area contributed by atoms with Gasteiger partial charge in [-0.1, -0.05) is 41.0 Å². The van der Waals surface area contributed by atoms with Crippen molar-refractivity contribution in [1.82, 2.24) is 14.8 Å². The number of halogens is 1. The lowest BCUT2D eigenvalue weighted by Crippen LogP contribution is -2.13. The first-order valence-corrected chi connectivity index (χ1v) is 7.09. The van der Waals surface area contributed by atoms with Crippen molar-refractivity contribution in [3.05, 3.63) is 10.5 Å². The number of thioether (sulfide) groups is 1. The van der Waals surface area contributed by atoms with Crippen LogP contribution in [-0.2, 0) is 7.05 Å². The summed E-state index contributed by atoms with van der Waals surface area (Å²) in [4.78, 5) is 11.1. The summed E-state index contributed by atoms with van der Waals surface area (Å²) < 4.78 is 1.54. The van der Waals surface area contributed by atoms with E-state index in [1.165, 1.54) is 12.8 Å². The Hall–Kier alpha value is -0.230. The monoisotopic (exact) mass is 293 g/mol. The van der Waals surface area contributed by atoms with Crippen molar-refractivity contribution < 1.29 is 0 Å². The lowest BCUT2D eigenvalue weighted by molar-refractivity contribution is 0.596. The van der Waals surface area contributed by atoms with Crippen LogP contribution in [0.4, 0.5) is 0 Å². The van der Waals surface area contributed by atoms with Crippen LogP contribution in [-0.4, -0.2) is 25.8 Å². The minimum Gasteiger partial charge on any atom is -0.273 e. The van der Waals surface area contributed by atoms with Gasteiger partial charge in [0.2, 0.25) is 0 Å². The molecule has 0 aromatic carbocycles. The molecule has 0 fully saturated rings. The van der Waals surface area contributed by atoms with E-state index in [0.29, 0.717) is 5.92 Å². The molecule has 0 aliphatic rings. The highest BCUT2D eigenvalue weighted by Crippen LogP contribution is 2.20. The summed E-state index contributed by atoms with van der Waals surface area (Å²) in [7, 11) is 1.73. The Kier molecular flexibility index (Phi) is 5.45. The number of hydrogen-bond acceptors (Lipinski definition) is 3. The maximum absolute atomic E-state index is 11.1. The average molecular weight is 294 g/mol. The SMILES string of the molecule is CCCC(CBr)CSc1n[nH]c(=O)n1C. The number of nitrogens with zero attached hydrogens (tertiary/aromatic N) is 2. The Morgan fingerprint density at radius 3 is 2.87 bits per heavy atom. The molecule has 0 saturated heterocycles. The Balaban J connectivity index is 2.48. The van der Waals surface area contributed by atoms with Crippen molar-refractivity contribution in [2.45, 2.75) is 24.9 Å². The number of aromatic amines is 1. The van der Waals surface area contributed by atoms with Crippen molar-refractivity contribution in [3.8, 4) is 0 Å². The molecule has 15 heavy (non-hydrogen) atoms. The zero-order chi connectivity index (χ0) is 11.3. The lowest BCUT2D eigenvalue weighted by Gasteiger charge is -2.10. The van der Waals surface area contributed by atoms with E-state index >= 15 is 0 Å². The zero-order valence-electron chi connectivity index (χ0n) is 8.99. The third kappa shape index (κ3) is 3.68. The molecule has 1 rings (SSSR count). The van der Waals surface area contributed by atoms with Gasteiger partial charge in [0.05, 0.1) is 0 Å². The minimum atomic E-state index is -0.150. The minimum absolute atomic E-state index is 0.150. The number of nitrogens with one attached hydrogen (secondary N) is 1. The maximum Gasteiger partial charge on any atom is 0.343 e. The second kappa shape index (κ2) is 6.37. The molecule has 0 saturated carbocycles. The summed E-state index contributed by atoms with van der Waals surface area (Å²) in [6.45, 7) is 2.19. The van der Waals surface area contributed by atoms with Gasteiger partial charge in [-0.15, -0.1) is 5.10 Å². The smallest absolute Gasteiger partial charge is 0.273 e. The Morgan fingerprint density at radius 2 is 2.40 bits per heavy atom. The number of rotatable bonds is 6. The van der Waals surface area contributed by atoms with E-state index in [1.54, 1.807) is 23.4 Å². The zero-order valence-corrected chi connectivity index (χ0v) is 11.4. The number of hydrogen-bond donors (Lipinski definition) is 1. The standard InChI is InChI=1S/C9H16BrN3OS/c1-3-4-7(5-10)6-15-9-12-11-8(14)13(9)2/h7H,3-6H2,1-2H3,(H,11,14). The molecule has 1 N–H and O–H groups in total. The van der Waals surface area contributed by atoms with Gasteiger partial charge >= 0.3 is 5.69 Å². The van der Waals surface area contributed by atoms with Gasteiger partial charge in [0.15, 0.2) is 5.16 Å². The fourth-order valence-electron chi connectivity index (χ4n) is 1.27. The van der Waals surface area contributed by atoms with Gasteiger partial charge in [0.25, 0.3) is 0 Å². The molecular weight excluding hydrogens is 278 g/mol. The van der Waals surface area contributed by atoms with Crippen molar-refractivity contribution in [3.63, 3.8) is 0 Å². The van der Waals surface area contributed by atoms with E-state index in [9.17, 15) is 4.79 Å². The molecule has 1 aromatic rings. The van der Waals surface area contributed by atoms with Crippen LogP contribution < -0.4 is 5.69 Å². The normalized spacial score (nSPS) is 13.0. The molecule has 86 valence electrons. The topological polar surface area (TPSA) is 50.7 Å². The molecule has 1 atom stereocenters. The fourth-order valence-corrected chi connectivity index (χ4v) is 3.18. The highest BCUT2D eigenvalue weighted by atomic mass is 79.9. The average Bonchev–Trinajstić information content (AvgIpc) is 2.55. The van der Waals surface area contributed by atoms with E-state index in [1.807, 2.05) is 0 Å². The first-order valence-electron chi connectivity index (χ1n) is 4.99. The predicted molar refractivity (Wildman–Crippen MR) is 66.7 cm³/mol. The molecule has 0 spiro atoms. The van der Waals surface area contributed by atoms with Crippen LogP contribution in [0.3, 0.4) is 0 Å². The van der Waals surface area contributed by atoms with Gasteiger partial charge in [-0.3, -0.25) is 4.57 Å². The second-order valence-corrected chi connectivity index (χ2v) is 5.12. The summed E-state index contributed by atoms with van der Waals surface area (Å²) in [5.74, 6) is 1.64. The van der Waals surface area contributed by atoms with Gasteiger partial charge in [-0.25, -0.2) is 9.89 Å². The molecule has 0 bridgehead atoms. The molecule has 0 amide bonds. The molecule has 0 radical (unpaired) electrons. The quantitative estimate of drug-likeness (QED) is 0.645. The Bertz CT molecular complexity index is 349. The fraction of sp³-hybridized carbons (Fsp3) is 0.778. The van der Waals surface area contributed by atoms with E-state index in [-0.39, 0.29) is 5.69 Å². The largest absolute Gasteiger partial charge is 0.343 e. The van der Waals surface area contributed by atoms with Crippen molar-refractivity contribution in [2.24, 2.45) is 13.0 Å². The van der Waals surface area contributed by atoms with E-state index in [0.717, 1.165) is 16.2 Å². The Morgan fingerprint density at radius 1 is 1.67 bits per heavy atom. The molecular formula is C9H16BrN3OS. The molecule has 0 aliphatic carbocycles. The summed E-state index contributed by atoms with van der Waals surface area (Å²) >= 11 is 5.14. The highest BCUT2D eigenvalue weighted by molar-refractivity contribution is 9.09. The number of aromatic nitrogens is 3. The van der Waals surface area contributed by atoms with Crippen molar-refractivity contribution >= 4 is 27.7 Å². The first-order chi connectivity index (χ1) is 7.19. The summed E-state index contributed by atoms with van der Waals surface area (Å²) in [5, 5.41) is 8.16. The van der Waals surface area contributed by atoms with Gasteiger partial charge < -0.3 is 0 Å². The first kappa shape index (κ1) is 12.8. The van der Waals surface area contributed by atoms with Crippen LogP contribution in [0.5, 0.6) is 0 Å². The molecule has 4 nitrogen and oxygen atoms in total. The Labute approximate surface area is 102 Å². The maximum atomic E-state index is 11.1. The second-order valence-electron chi connectivity index (χ2n) is 3.49. The summed E-state index contributed by atoms with van der Waals surface area (Å²) in [6.07, 6.45) is 2.40. The molecule has 6 heteroatoms. The third-order valence-electron chi connectivity index (χ3n) is 2.20. The van der Waals surface area contributed by atoms with Crippen LogP contribution in [0, 0.1) is 5.92 Å². The predicted octanol–water partition coefficient (Wildman–Crippen LogP) is 2.01. The lowest BCUT2D eigenvalue weighted by atomic mass is 10.1. The van der Waals surface area contributed by atoms with E-state index in [4.69, 9.17) is 0 Å². The van der Waals surface area contributed by atoms with E-state index in [2.05, 4.69) is 33.1 Å². The molecule has 0 aliphatic heterocycles. The van der Waals surface area contributed by atoms with Crippen LogP contribution >= 0.6 is 27.7 Å². The molecule has 1 unspecified atom stereocenters.